The highest BCUT2D eigenvalue weighted by Gasteiger charge is 2.24. The molecule has 1 unspecified atom stereocenters. The quantitative estimate of drug-likeness (QED) is 0.107. The summed E-state index contributed by atoms with van der Waals surface area (Å²) < 4.78 is 2.36. The van der Waals surface area contributed by atoms with Gasteiger partial charge in [0.15, 0.2) is 0 Å². The van der Waals surface area contributed by atoms with Crippen molar-refractivity contribution in [1.29, 1.82) is 5.41 Å². The number of hydrogen-bond donors (Lipinski definition) is 3. The van der Waals surface area contributed by atoms with Crippen molar-refractivity contribution in [1.82, 2.24) is 20.2 Å². The van der Waals surface area contributed by atoms with E-state index in [2.05, 4.69) is 137 Å². The van der Waals surface area contributed by atoms with Gasteiger partial charge in [-0.05, 0) is 68.4 Å². The van der Waals surface area contributed by atoms with Gasteiger partial charge >= 0.3 is 0 Å². The predicted molar refractivity (Wildman–Crippen MR) is 236 cm³/mol. The van der Waals surface area contributed by atoms with Crippen LogP contribution in [-0.4, -0.2) is 21.6 Å². The number of imidazole rings is 1. The minimum absolute atomic E-state index is 0.321. The van der Waals surface area contributed by atoms with E-state index in [4.69, 9.17) is 15.4 Å². The third kappa shape index (κ3) is 6.33. The molecule has 3 N–H and O–H groups in total. The summed E-state index contributed by atoms with van der Waals surface area (Å²) >= 11 is 0. The number of hydrogen-bond acceptors (Lipinski definition) is 4. The van der Waals surface area contributed by atoms with Gasteiger partial charge in [-0.3, -0.25) is 15.0 Å². The Labute approximate surface area is 331 Å². The monoisotopic (exact) mass is 734 g/mol. The van der Waals surface area contributed by atoms with Gasteiger partial charge in [0.25, 0.3) is 0 Å². The number of fused-ring (bicyclic) bond motifs is 7. The molecule has 0 amide bonds. The fourth-order valence-corrected chi connectivity index (χ4v) is 8.02. The largest absolute Gasteiger partial charge is 0.387 e. The molecule has 8 aromatic carbocycles. The van der Waals surface area contributed by atoms with Crippen molar-refractivity contribution in [3.63, 3.8) is 0 Å². The van der Waals surface area contributed by atoms with Gasteiger partial charge in [-0.25, -0.2) is 4.98 Å². The van der Waals surface area contributed by atoms with Gasteiger partial charge in [-0.1, -0.05) is 164 Å². The van der Waals surface area contributed by atoms with Crippen LogP contribution in [0.5, 0.6) is 0 Å². The molecule has 1 aliphatic rings. The summed E-state index contributed by atoms with van der Waals surface area (Å²) in [4.78, 5) is 10.4. The first-order chi connectivity index (χ1) is 28.2. The fraction of sp³-hybridized carbons (Fsp3) is 0.0392. The van der Waals surface area contributed by atoms with Crippen molar-refractivity contribution < 1.29 is 0 Å². The lowest BCUT2D eigenvalue weighted by Crippen LogP contribution is -2.27. The van der Waals surface area contributed by atoms with E-state index in [1.807, 2.05) is 73.1 Å². The summed E-state index contributed by atoms with van der Waals surface area (Å²) in [5.41, 5.74) is 11.7. The molecule has 0 saturated heterocycles. The van der Waals surface area contributed by atoms with Gasteiger partial charge in [0.05, 0.1) is 11.0 Å². The third-order valence-corrected chi connectivity index (χ3v) is 10.8. The predicted octanol–water partition coefficient (Wildman–Crippen LogP) is 11.5. The van der Waals surface area contributed by atoms with E-state index in [9.17, 15) is 0 Å². The second-order valence-electron chi connectivity index (χ2n) is 14.3. The number of nitrogens with one attached hydrogen (secondary N) is 3. The van der Waals surface area contributed by atoms with Gasteiger partial charge in [0.2, 0.25) is 0 Å². The number of rotatable bonds is 8. The molecule has 272 valence electrons. The molecule has 1 aromatic heterocycles. The second kappa shape index (κ2) is 14.6. The standard InChI is InChI=1S/C51H38N6/c52-49(38-15-5-2-6-16-38)56-50(54-32-34-12-3-1-4-13-34)39-24-22-35(23-25-39)36-26-28-40(29-27-36)57-48-46-33-53-31-30-43(46)42-19-9-10-20-44(42)47(48)55-51(57)45-21-11-17-37-14-7-8-18-41(37)45/h1-32,50,53H,33H2,(H2,52,56)/b54-32+. The first-order valence-corrected chi connectivity index (χ1v) is 19.2. The zero-order valence-electron chi connectivity index (χ0n) is 31.1. The Hall–Kier alpha value is -7.57. The zero-order valence-corrected chi connectivity index (χ0v) is 31.1. The summed E-state index contributed by atoms with van der Waals surface area (Å²) in [6.07, 6.45) is 5.66. The molecule has 9 aromatic rings. The first-order valence-electron chi connectivity index (χ1n) is 19.2. The minimum Gasteiger partial charge on any atom is -0.387 e. The van der Waals surface area contributed by atoms with Crippen molar-refractivity contribution in [2.45, 2.75) is 12.7 Å². The van der Waals surface area contributed by atoms with Crippen molar-refractivity contribution >= 4 is 50.7 Å². The molecule has 0 radical (unpaired) electrons. The Bertz CT molecular complexity index is 2980. The lowest BCUT2D eigenvalue weighted by molar-refractivity contribution is 0.685. The molecule has 2 heterocycles. The Kier molecular flexibility index (Phi) is 8.69. The minimum atomic E-state index is -0.442. The highest BCUT2D eigenvalue weighted by atomic mass is 15.1. The molecule has 1 atom stereocenters. The number of nitrogens with zero attached hydrogens (tertiary/aromatic N) is 3. The van der Waals surface area contributed by atoms with E-state index in [0.717, 1.165) is 61.3 Å². The Balaban J connectivity index is 1.05. The summed E-state index contributed by atoms with van der Waals surface area (Å²) in [6.45, 7) is 0.717. The van der Waals surface area contributed by atoms with E-state index >= 15 is 0 Å². The molecule has 0 fully saturated rings. The molecule has 1 aliphatic heterocycles. The van der Waals surface area contributed by atoms with E-state index in [-0.39, 0.29) is 0 Å². The first kappa shape index (κ1) is 34.0. The second-order valence-corrected chi connectivity index (χ2v) is 14.3. The third-order valence-electron chi connectivity index (χ3n) is 10.8. The number of aliphatic imine (C=N–C) groups is 1. The number of benzene rings is 8. The van der Waals surface area contributed by atoms with Crippen molar-refractivity contribution in [2.75, 3.05) is 0 Å². The maximum absolute atomic E-state index is 8.80. The van der Waals surface area contributed by atoms with E-state index in [0.29, 0.717) is 12.4 Å². The molecule has 0 saturated carbocycles. The SMILES string of the molecule is N=C(NC(/N=C/c1ccccc1)c1ccc(-c2ccc(-n3c(-c4cccc5ccccc45)nc4c5ccccc5c5c(c43)CNC=C5)cc2)cc1)c1ccccc1. The van der Waals surface area contributed by atoms with Crippen LogP contribution in [0.3, 0.4) is 0 Å². The smallest absolute Gasteiger partial charge is 0.146 e. The van der Waals surface area contributed by atoms with Crippen LogP contribution in [0.25, 0.3) is 66.9 Å². The molecule has 0 aliphatic carbocycles. The highest BCUT2D eigenvalue weighted by molar-refractivity contribution is 6.12. The van der Waals surface area contributed by atoms with Gasteiger partial charge < -0.3 is 10.6 Å². The van der Waals surface area contributed by atoms with Crippen LogP contribution in [0.1, 0.15) is 34.0 Å². The van der Waals surface area contributed by atoms with Crippen molar-refractivity contribution in [3.8, 4) is 28.2 Å². The van der Waals surface area contributed by atoms with Crippen LogP contribution in [0.15, 0.2) is 187 Å². The average Bonchev–Trinajstić information content (AvgIpc) is 3.69. The molecule has 6 heteroatoms. The van der Waals surface area contributed by atoms with Crippen LogP contribution in [0.2, 0.25) is 0 Å². The van der Waals surface area contributed by atoms with E-state index in [1.54, 1.807) is 0 Å². The molecule has 57 heavy (non-hydrogen) atoms. The Morgan fingerprint density at radius 3 is 2.11 bits per heavy atom. The fourth-order valence-electron chi connectivity index (χ4n) is 8.02. The van der Waals surface area contributed by atoms with Crippen molar-refractivity contribution in [2.24, 2.45) is 4.99 Å². The summed E-state index contributed by atoms with van der Waals surface area (Å²) in [5.74, 6) is 1.24. The van der Waals surface area contributed by atoms with Crippen LogP contribution < -0.4 is 10.6 Å². The summed E-state index contributed by atoms with van der Waals surface area (Å²) in [6, 6.07) is 60.7. The van der Waals surface area contributed by atoms with Gasteiger partial charge in [-0.2, -0.15) is 0 Å². The maximum atomic E-state index is 8.80. The zero-order chi connectivity index (χ0) is 38.1. The number of amidine groups is 1. The molecule has 10 rings (SSSR count). The van der Waals surface area contributed by atoms with Gasteiger partial charge in [0.1, 0.15) is 17.8 Å². The lowest BCUT2D eigenvalue weighted by atomic mass is 9.95. The van der Waals surface area contributed by atoms with Crippen LogP contribution in [-0.2, 0) is 6.54 Å². The topological polar surface area (TPSA) is 78.1 Å². The molecular weight excluding hydrogens is 697 g/mol. The molecule has 0 bridgehead atoms. The molecule has 0 spiro atoms. The van der Waals surface area contributed by atoms with Crippen molar-refractivity contribution in [3.05, 3.63) is 210 Å². The summed E-state index contributed by atoms with van der Waals surface area (Å²) in [5, 5.41) is 20.4. The Morgan fingerprint density at radius 2 is 1.33 bits per heavy atom. The van der Waals surface area contributed by atoms with Crippen LogP contribution in [0, 0.1) is 5.41 Å². The van der Waals surface area contributed by atoms with Gasteiger partial charge in [-0.15, -0.1) is 0 Å². The average molecular weight is 735 g/mol. The Morgan fingerprint density at radius 1 is 0.684 bits per heavy atom. The van der Waals surface area contributed by atoms with Crippen LogP contribution in [0.4, 0.5) is 0 Å². The number of aromatic nitrogens is 2. The van der Waals surface area contributed by atoms with Crippen LogP contribution >= 0.6 is 0 Å². The summed E-state index contributed by atoms with van der Waals surface area (Å²) in [7, 11) is 0. The maximum Gasteiger partial charge on any atom is 0.146 e. The molecular formula is C51H38N6. The normalized spacial score (nSPS) is 12.8. The van der Waals surface area contributed by atoms with E-state index < -0.39 is 6.17 Å². The highest BCUT2D eigenvalue weighted by Crippen LogP contribution is 2.41. The molecule has 6 nitrogen and oxygen atoms in total. The van der Waals surface area contributed by atoms with Gasteiger partial charge in [0, 0.05) is 40.5 Å². The lowest BCUT2D eigenvalue weighted by Gasteiger charge is -2.19. The van der Waals surface area contributed by atoms with E-state index in [1.165, 1.54) is 27.3 Å².